The Bertz CT molecular complexity index is 346. The Morgan fingerprint density at radius 1 is 1.62 bits per heavy atom. The number of rotatable bonds is 2. The highest BCUT2D eigenvalue weighted by atomic mass is 19.3. The summed E-state index contributed by atoms with van der Waals surface area (Å²) in [5.41, 5.74) is -0.230. The van der Waals surface area contributed by atoms with Crippen LogP contribution in [-0.4, -0.2) is 10.1 Å². The lowest BCUT2D eigenvalue weighted by atomic mass is 10.2. The molecule has 0 aliphatic rings. The van der Waals surface area contributed by atoms with E-state index in [4.69, 9.17) is 10.4 Å². The molecule has 0 aliphatic carbocycles. The first-order chi connectivity index (χ1) is 6.15. The first-order valence-corrected chi connectivity index (χ1v) is 3.48. The average Bonchev–Trinajstić information content (AvgIpc) is 2.08. The topological polar surface area (TPSA) is 56.9 Å². The Balaban J connectivity index is 3.00. The molecule has 1 heterocycles. The van der Waals surface area contributed by atoms with Crippen LogP contribution in [0.25, 0.3) is 0 Å². The maximum Gasteiger partial charge on any atom is 0.265 e. The number of aromatic hydroxyl groups is 1. The van der Waals surface area contributed by atoms with E-state index in [1.54, 1.807) is 6.07 Å². The monoisotopic (exact) mass is 184 g/mol. The molecule has 3 nitrogen and oxygen atoms in total. The van der Waals surface area contributed by atoms with Crippen molar-refractivity contribution < 1.29 is 13.9 Å². The lowest BCUT2D eigenvalue weighted by Crippen LogP contribution is -1.92. The number of alkyl halides is 2. The molecule has 13 heavy (non-hydrogen) atoms. The molecule has 1 aromatic rings. The average molecular weight is 184 g/mol. The van der Waals surface area contributed by atoms with Gasteiger partial charge in [0.2, 0.25) is 0 Å². The molecule has 1 N–H and O–H groups in total. The fourth-order valence-corrected chi connectivity index (χ4v) is 0.827. The third-order valence-electron chi connectivity index (χ3n) is 1.47. The zero-order chi connectivity index (χ0) is 9.84. The highest BCUT2D eigenvalue weighted by Crippen LogP contribution is 2.23. The van der Waals surface area contributed by atoms with E-state index >= 15 is 0 Å². The molecular formula is C8H6F2N2O. The molecule has 0 bridgehead atoms. The predicted octanol–water partition coefficient (Wildman–Crippen LogP) is 1.79. The standard InChI is InChI=1S/C8H6F2N2O/c9-8(10)5-3-7(13)6(1-2-11)12-4-5/h3-4,8,13H,1H2. The fourth-order valence-electron chi connectivity index (χ4n) is 0.827. The third-order valence-corrected chi connectivity index (χ3v) is 1.47. The Labute approximate surface area is 73.3 Å². The molecule has 0 saturated carbocycles. The zero-order valence-electron chi connectivity index (χ0n) is 6.54. The van der Waals surface area contributed by atoms with Gasteiger partial charge in [-0.15, -0.1) is 0 Å². The summed E-state index contributed by atoms with van der Waals surface area (Å²) in [5, 5.41) is 17.4. The van der Waals surface area contributed by atoms with Gasteiger partial charge in [-0.25, -0.2) is 8.78 Å². The summed E-state index contributed by atoms with van der Waals surface area (Å²) >= 11 is 0. The van der Waals surface area contributed by atoms with Crippen LogP contribution in [0.15, 0.2) is 12.3 Å². The van der Waals surface area contributed by atoms with Gasteiger partial charge >= 0.3 is 0 Å². The molecule has 0 atom stereocenters. The van der Waals surface area contributed by atoms with Crippen LogP contribution in [0.1, 0.15) is 17.7 Å². The molecule has 5 heteroatoms. The summed E-state index contributed by atoms with van der Waals surface area (Å²) < 4.78 is 24.1. The third kappa shape index (κ3) is 2.12. The van der Waals surface area contributed by atoms with E-state index < -0.39 is 6.43 Å². The number of hydrogen-bond acceptors (Lipinski definition) is 3. The van der Waals surface area contributed by atoms with Crippen molar-refractivity contribution in [3.05, 3.63) is 23.5 Å². The molecule has 0 amide bonds. The highest BCUT2D eigenvalue weighted by Gasteiger charge is 2.10. The molecule has 0 fully saturated rings. The van der Waals surface area contributed by atoms with Gasteiger partial charge in [-0.1, -0.05) is 0 Å². The molecule has 0 saturated heterocycles. The van der Waals surface area contributed by atoms with Gasteiger partial charge in [-0.2, -0.15) is 5.26 Å². The van der Waals surface area contributed by atoms with Gasteiger partial charge in [0.05, 0.1) is 18.2 Å². The van der Waals surface area contributed by atoms with Crippen molar-refractivity contribution in [2.24, 2.45) is 0 Å². The zero-order valence-corrected chi connectivity index (χ0v) is 6.54. The number of pyridine rings is 1. The number of halogens is 2. The summed E-state index contributed by atoms with van der Waals surface area (Å²) in [6, 6.07) is 2.68. The largest absolute Gasteiger partial charge is 0.506 e. The van der Waals surface area contributed by atoms with Crippen LogP contribution in [0.3, 0.4) is 0 Å². The van der Waals surface area contributed by atoms with Gasteiger partial charge < -0.3 is 5.11 Å². The van der Waals surface area contributed by atoms with Crippen molar-refractivity contribution in [2.45, 2.75) is 12.8 Å². The van der Waals surface area contributed by atoms with Crippen molar-refractivity contribution in [1.82, 2.24) is 4.98 Å². The summed E-state index contributed by atoms with van der Waals surface area (Å²) in [5.74, 6) is -0.362. The SMILES string of the molecule is N#CCc1ncc(C(F)F)cc1O. The summed E-state index contributed by atoms with van der Waals surface area (Å²) in [6.07, 6.45) is -1.79. The van der Waals surface area contributed by atoms with Crippen molar-refractivity contribution in [2.75, 3.05) is 0 Å². The van der Waals surface area contributed by atoms with Crippen LogP contribution < -0.4 is 0 Å². The molecule has 0 radical (unpaired) electrons. The minimum Gasteiger partial charge on any atom is -0.506 e. The number of nitrogens with zero attached hydrogens (tertiary/aromatic N) is 2. The normalized spacial score (nSPS) is 10.0. The molecule has 1 aromatic heterocycles. The Hall–Kier alpha value is -1.70. The number of nitriles is 1. The van der Waals surface area contributed by atoms with Crippen LogP contribution in [0.5, 0.6) is 5.75 Å². The van der Waals surface area contributed by atoms with E-state index in [2.05, 4.69) is 4.98 Å². The molecule has 0 aromatic carbocycles. The second kappa shape index (κ2) is 3.81. The van der Waals surface area contributed by atoms with E-state index in [0.717, 1.165) is 12.3 Å². The second-order valence-corrected chi connectivity index (χ2v) is 2.37. The van der Waals surface area contributed by atoms with E-state index in [1.807, 2.05) is 0 Å². The predicted molar refractivity (Wildman–Crippen MR) is 40.2 cm³/mol. The smallest absolute Gasteiger partial charge is 0.265 e. The van der Waals surface area contributed by atoms with Gasteiger partial charge in [0.15, 0.2) is 0 Å². The number of hydrogen-bond donors (Lipinski definition) is 1. The lowest BCUT2D eigenvalue weighted by Gasteiger charge is -2.02. The maximum absolute atomic E-state index is 12.0. The Kier molecular flexibility index (Phi) is 2.75. The van der Waals surface area contributed by atoms with Gasteiger partial charge in [-0.3, -0.25) is 4.98 Å². The van der Waals surface area contributed by atoms with Gasteiger partial charge in [-0.05, 0) is 6.07 Å². The van der Waals surface area contributed by atoms with Crippen LogP contribution >= 0.6 is 0 Å². The van der Waals surface area contributed by atoms with Gasteiger partial charge in [0.25, 0.3) is 6.43 Å². The van der Waals surface area contributed by atoms with Crippen molar-refractivity contribution >= 4 is 0 Å². The second-order valence-electron chi connectivity index (χ2n) is 2.37. The molecular weight excluding hydrogens is 178 g/mol. The van der Waals surface area contributed by atoms with E-state index in [9.17, 15) is 8.78 Å². The van der Waals surface area contributed by atoms with E-state index in [1.165, 1.54) is 0 Å². The minimum atomic E-state index is -2.66. The van der Waals surface area contributed by atoms with Crippen molar-refractivity contribution in [3.63, 3.8) is 0 Å². The van der Waals surface area contributed by atoms with Gasteiger partial charge in [0, 0.05) is 11.8 Å². The van der Waals surface area contributed by atoms with Crippen LogP contribution in [-0.2, 0) is 6.42 Å². The maximum atomic E-state index is 12.0. The molecule has 0 unspecified atom stereocenters. The minimum absolute atomic E-state index is 0.0879. The molecule has 68 valence electrons. The highest BCUT2D eigenvalue weighted by molar-refractivity contribution is 5.32. The first-order valence-electron chi connectivity index (χ1n) is 3.48. The van der Waals surface area contributed by atoms with Gasteiger partial charge in [0.1, 0.15) is 5.75 Å². The van der Waals surface area contributed by atoms with Crippen LogP contribution in [0.2, 0.25) is 0 Å². The molecule has 0 spiro atoms. The molecule has 1 rings (SSSR count). The Morgan fingerprint density at radius 2 is 2.31 bits per heavy atom. The first kappa shape index (κ1) is 9.39. The van der Waals surface area contributed by atoms with Crippen molar-refractivity contribution in [1.29, 1.82) is 5.26 Å². The van der Waals surface area contributed by atoms with E-state index in [0.29, 0.717) is 0 Å². The number of aromatic nitrogens is 1. The van der Waals surface area contributed by atoms with Crippen LogP contribution in [0.4, 0.5) is 8.78 Å². The summed E-state index contributed by atoms with van der Waals surface area (Å²) in [4.78, 5) is 3.54. The summed E-state index contributed by atoms with van der Waals surface area (Å²) in [6.45, 7) is 0. The van der Waals surface area contributed by atoms with E-state index in [-0.39, 0.29) is 23.4 Å². The quantitative estimate of drug-likeness (QED) is 0.762. The summed E-state index contributed by atoms with van der Waals surface area (Å²) in [7, 11) is 0. The lowest BCUT2D eigenvalue weighted by molar-refractivity contribution is 0.150. The Morgan fingerprint density at radius 3 is 2.77 bits per heavy atom. The van der Waals surface area contributed by atoms with Crippen LogP contribution in [0, 0.1) is 11.3 Å². The van der Waals surface area contributed by atoms with Crippen molar-refractivity contribution in [3.8, 4) is 11.8 Å². The fraction of sp³-hybridized carbons (Fsp3) is 0.250. The molecule has 0 aliphatic heterocycles.